The van der Waals surface area contributed by atoms with Gasteiger partial charge in [-0.1, -0.05) is 42.8 Å². The maximum absolute atomic E-state index is 12.6. The van der Waals surface area contributed by atoms with Gasteiger partial charge in [0.1, 0.15) is 6.07 Å². The van der Waals surface area contributed by atoms with Gasteiger partial charge in [0.15, 0.2) is 5.69 Å². The number of aromatic nitrogens is 3. The van der Waals surface area contributed by atoms with Crippen molar-refractivity contribution in [1.29, 1.82) is 5.26 Å². The highest BCUT2D eigenvalue weighted by atomic mass is 16.2. The summed E-state index contributed by atoms with van der Waals surface area (Å²) in [6.45, 7) is 3.98. The van der Waals surface area contributed by atoms with E-state index in [4.69, 9.17) is 5.26 Å². The molecule has 27 heavy (non-hydrogen) atoms. The molecule has 0 atom stereocenters. The Morgan fingerprint density at radius 2 is 1.93 bits per heavy atom. The van der Waals surface area contributed by atoms with Gasteiger partial charge in [-0.05, 0) is 49.6 Å². The van der Waals surface area contributed by atoms with E-state index in [1.165, 1.54) is 5.56 Å². The van der Waals surface area contributed by atoms with Crippen molar-refractivity contribution in [2.45, 2.75) is 33.1 Å². The van der Waals surface area contributed by atoms with E-state index >= 15 is 0 Å². The van der Waals surface area contributed by atoms with E-state index in [1.807, 2.05) is 12.1 Å². The number of hydrogen-bond donors (Lipinski definition) is 1. The zero-order valence-corrected chi connectivity index (χ0v) is 15.4. The third-order valence-electron chi connectivity index (χ3n) is 4.41. The summed E-state index contributed by atoms with van der Waals surface area (Å²) in [5, 5.41) is 20.0. The molecule has 0 bridgehead atoms. The number of rotatable bonds is 6. The van der Waals surface area contributed by atoms with E-state index in [-0.39, 0.29) is 11.6 Å². The summed E-state index contributed by atoms with van der Waals surface area (Å²) in [4.78, 5) is 12.6. The molecule has 0 unspecified atom stereocenters. The van der Waals surface area contributed by atoms with Gasteiger partial charge in [0.05, 0.1) is 22.6 Å². The maximum atomic E-state index is 12.6. The molecule has 0 radical (unpaired) electrons. The second-order valence-corrected chi connectivity index (χ2v) is 6.32. The van der Waals surface area contributed by atoms with Crippen molar-refractivity contribution in [3.8, 4) is 11.8 Å². The Balaban J connectivity index is 1.80. The number of amides is 1. The third-order valence-corrected chi connectivity index (χ3v) is 4.41. The fraction of sp³-hybridized carbons (Fsp3) is 0.238. The van der Waals surface area contributed by atoms with Crippen LogP contribution in [0.4, 0.5) is 5.69 Å². The van der Waals surface area contributed by atoms with Gasteiger partial charge in [0.25, 0.3) is 5.91 Å². The van der Waals surface area contributed by atoms with Gasteiger partial charge in [-0.3, -0.25) is 4.79 Å². The van der Waals surface area contributed by atoms with Crippen molar-refractivity contribution >= 4 is 11.6 Å². The Kier molecular flexibility index (Phi) is 5.62. The minimum absolute atomic E-state index is 0.234. The quantitative estimate of drug-likeness (QED) is 0.720. The number of nitrogens with zero attached hydrogens (tertiary/aromatic N) is 4. The van der Waals surface area contributed by atoms with Crippen LogP contribution >= 0.6 is 0 Å². The zero-order chi connectivity index (χ0) is 19.2. The fourth-order valence-corrected chi connectivity index (χ4v) is 2.84. The van der Waals surface area contributed by atoms with Crippen LogP contribution in [0.2, 0.25) is 0 Å². The lowest BCUT2D eigenvalue weighted by atomic mass is 10.1. The van der Waals surface area contributed by atoms with Gasteiger partial charge < -0.3 is 5.32 Å². The van der Waals surface area contributed by atoms with E-state index in [9.17, 15) is 4.79 Å². The lowest BCUT2D eigenvalue weighted by molar-refractivity contribution is 0.102. The standard InChI is InChI=1S/C21H21N5O/c1-3-4-7-16-10-12-18(13-11-16)26-15(2)20(24-25-26)21(27)23-19-9-6-5-8-17(19)14-22/h5-6,8-13H,3-4,7H2,1-2H3,(H,23,27). The molecule has 136 valence electrons. The highest BCUT2D eigenvalue weighted by molar-refractivity contribution is 6.04. The molecular weight excluding hydrogens is 338 g/mol. The van der Waals surface area contributed by atoms with Crippen LogP contribution in [0, 0.1) is 18.3 Å². The Labute approximate surface area is 158 Å². The van der Waals surface area contributed by atoms with Gasteiger partial charge in [-0.2, -0.15) is 5.26 Å². The minimum Gasteiger partial charge on any atom is -0.319 e. The first-order valence-corrected chi connectivity index (χ1v) is 8.96. The summed E-state index contributed by atoms with van der Waals surface area (Å²) in [5.74, 6) is -0.388. The summed E-state index contributed by atoms with van der Waals surface area (Å²) >= 11 is 0. The zero-order valence-electron chi connectivity index (χ0n) is 15.4. The molecule has 3 rings (SSSR count). The van der Waals surface area contributed by atoms with Gasteiger partial charge in [0.2, 0.25) is 0 Å². The van der Waals surface area contributed by atoms with Crippen molar-refractivity contribution in [3.63, 3.8) is 0 Å². The molecule has 1 heterocycles. The van der Waals surface area contributed by atoms with Crippen molar-refractivity contribution in [3.05, 3.63) is 71.0 Å². The van der Waals surface area contributed by atoms with Gasteiger partial charge in [-0.25, -0.2) is 4.68 Å². The molecule has 0 aliphatic rings. The molecular formula is C21H21N5O. The minimum atomic E-state index is -0.388. The predicted octanol–water partition coefficient (Wildman–Crippen LogP) is 4.04. The van der Waals surface area contributed by atoms with Crippen LogP contribution in [-0.2, 0) is 6.42 Å². The monoisotopic (exact) mass is 359 g/mol. The first kappa shape index (κ1) is 18.3. The molecule has 0 aliphatic carbocycles. The Hall–Kier alpha value is -3.46. The van der Waals surface area contributed by atoms with Crippen molar-refractivity contribution in [2.75, 3.05) is 5.32 Å². The number of anilines is 1. The summed E-state index contributed by atoms with van der Waals surface area (Å²) in [7, 11) is 0. The molecule has 3 aromatic rings. The van der Waals surface area contributed by atoms with Crippen LogP contribution < -0.4 is 5.32 Å². The van der Waals surface area contributed by atoms with E-state index in [0.717, 1.165) is 24.9 Å². The lowest BCUT2D eigenvalue weighted by Gasteiger charge is -2.07. The van der Waals surface area contributed by atoms with E-state index in [1.54, 1.807) is 35.9 Å². The van der Waals surface area contributed by atoms with Crippen molar-refractivity contribution < 1.29 is 4.79 Å². The molecule has 2 aromatic carbocycles. The second kappa shape index (κ2) is 8.28. The van der Waals surface area contributed by atoms with Crippen LogP contribution in [0.15, 0.2) is 48.5 Å². The Morgan fingerprint density at radius 3 is 2.63 bits per heavy atom. The summed E-state index contributed by atoms with van der Waals surface area (Å²) < 4.78 is 1.65. The largest absolute Gasteiger partial charge is 0.319 e. The maximum Gasteiger partial charge on any atom is 0.278 e. The number of aryl methyl sites for hydroxylation is 1. The van der Waals surface area contributed by atoms with Crippen molar-refractivity contribution in [2.24, 2.45) is 0 Å². The van der Waals surface area contributed by atoms with Crippen LogP contribution in [-0.4, -0.2) is 20.9 Å². The molecule has 0 spiro atoms. The molecule has 0 aliphatic heterocycles. The topological polar surface area (TPSA) is 83.6 Å². The summed E-state index contributed by atoms with van der Waals surface area (Å²) in [6, 6.07) is 17.0. The number of para-hydroxylation sites is 1. The summed E-state index contributed by atoms with van der Waals surface area (Å²) in [5.41, 5.74) is 3.88. The molecule has 1 amide bonds. The van der Waals surface area contributed by atoms with E-state index < -0.39 is 0 Å². The van der Waals surface area contributed by atoms with Gasteiger partial charge >= 0.3 is 0 Å². The molecule has 6 nitrogen and oxygen atoms in total. The number of carbonyl (C=O) groups is 1. The average Bonchev–Trinajstić information content (AvgIpc) is 3.08. The number of hydrogen-bond acceptors (Lipinski definition) is 4. The molecule has 0 fully saturated rings. The molecule has 1 aromatic heterocycles. The van der Waals surface area contributed by atoms with Gasteiger partial charge in [0, 0.05) is 0 Å². The van der Waals surface area contributed by atoms with Crippen LogP contribution in [0.1, 0.15) is 47.1 Å². The Bertz CT molecular complexity index is 983. The number of nitrogens with one attached hydrogen (secondary N) is 1. The van der Waals surface area contributed by atoms with Gasteiger partial charge in [-0.15, -0.1) is 5.10 Å². The summed E-state index contributed by atoms with van der Waals surface area (Å²) in [6.07, 6.45) is 3.38. The first-order chi connectivity index (χ1) is 13.1. The fourth-order valence-electron chi connectivity index (χ4n) is 2.84. The third kappa shape index (κ3) is 4.04. The number of carbonyl (C=O) groups excluding carboxylic acids is 1. The Morgan fingerprint density at radius 1 is 1.19 bits per heavy atom. The number of unbranched alkanes of at least 4 members (excludes halogenated alkanes) is 1. The number of nitriles is 1. The van der Waals surface area contributed by atoms with Crippen molar-refractivity contribution in [1.82, 2.24) is 15.0 Å². The lowest BCUT2D eigenvalue weighted by Crippen LogP contribution is -2.15. The van der Waals surface area contributed by atoms with Crippen LogP contribution in [0.25, 0.3) is 5.69 Å². The molecule has 0 saturated heterocycles. The average molecular weight is 359 g/mol. The normalized spacial score (nSPS) is 10.4. The first-order valence-electron chi connectivity index (χ1n) is 8.96. The molecule has 6 heteroatoms. The van der Waals surface area contributed by atoms with Crippen LogP contribution in [0.3, 0.4) is 0 Å². The van der Waals surface area contributed by atoms with Crippen LogP contribution in [0.5, 0.6) is 0 Å². The SMILES string of the molecule is CCCCc1ccc(-n2nnc(C(=O)Nc3ccccc3C#N)c2C)cc1. The highest BCUT2D eigenvalue weighted by Gasteiger charge is 2.18. The predicted molar refractivity (Wildman–Crippen MR) is 104 cm³/mol. The molecule has 1 N–H and O–H groups in total. The van der Waals surface area contributed by atoms with E-state index in [0.29, 0.717) is 16.9 Å². The number of benzene rings is 2. The second-order valence-electron chi connectivity index (χ2n) is 6.32. The smallest absolute Gasteiger partial charge is 0.278 e. The highest BCUT2D eigenvalue weighted by Crippen LogP contribution is 2.18. The van der Waals surface area contributed by atoms with E-state index in [2.05, 4.69) is 40.8 Å². The molecule has 0 saturated carbocycles.